The Morgan fingerprint density at radius 1 is 1.00 bits per heavy atom. The molecule has 0 fully saturated rings. The fourth-order valence-corrected chi connectivity index (χ4v) is 2.17. The van der Waals surface area contributed by atoms with E-state index in [0.717, 1.165) is 17.7 Å². The fourth-order valence-electron chi connectivity index (χ4n) is 2.17. The van der Waals surface area contributed by atoms with Crippen molar-refractivity contribution in [1.82, 2.24) is 4.90 Å². The van der Waals surface area contributed by atoms with Crippen molar-refractivity contribution in [2.24, 2.45) is 0 Å². The van der Waals surface area contributed by atoms with Gasteiger partial charge >= 0.3 is 6.18 Å². The first-order valence-corrected chi connectivity index (χ1v) is 7.45. The van der Waals surface area contributed by atoms with Crippen molar-refractivity contribution in [1.29, 1.82) is 0 Å². The molecule has 0 unspecified atom stereocenters. The number of nitrogens with one attached hydrogen (secondary N) is 1. The number of hydrogen-bond donors (Lipinski definition) is 1. The second kappa shape index (κ2) is 7.38. The standard InChI is InChI=1S/C18H17F3N2O2/c1-23(2)16(24)11-12-7-9-13(10-8-12)22-17(25)14-5-3-4-6-15(14)18(19,20)21/h3-10H,11H2,1-2H3,(H,22,25). The Kier molecular flexibility index (Phi) is 5.46. The highest BCUT2D eigenvalue weighted by atomic mass is 19.4. The number of carbonyl (C=O) groups excluding carboxylic acids is 2. The largest absolute Gasteiger partial charge is 0.417 e. The number of benzene rings is 2. The summed E-state index contributed by atoms with van der Waals surface area (Å²) in [7, 11) is 3.30. The summed E-state index contributed by atoms with van der Waals surface area (Å²) in [5, 5.41) is 2.44. The van der Waals surface area contributed by atoms with Gasteiger partial charge in [0.2, 0.25) is 5.91 Å². The maximum absolute atomic E-state index is 13.0. The lowest BCUT2D eigenvalue weighted by atomic mass is 10.1. The number of halogens is 3. The smallest absolute Gasteiger partial charge is 0.349 e. The van der Waals surface area contributed by atoms with Gasteiger partial charge in [-0.1, -0.05) is 24.3 Å². The van der Waals surface area contributed by atoms with E-state index in [1.807, 2.05) is 0 Å². The van der Waals surface area contributed by atoms with Crippen LogP contribution in [0, 0.1) is 0 Å². The van der Waals surface area contributed by atoms with Gasteiger partial charge in [-0.15, -0.1) is 0 Å². The summed E-state index contributed by atoms with van der Waals surface area (Å²) in [6, 6.07) is 11.0. The van der Waals surface area contributed by atoms with Gasteiger partial charge in [-0.3, -0.25) is 9.59 Å². The Morgan fingerprint density at radius 3 is 2.16 bits per heavy atom. The van der Waals surface area contributed by atoms with Crippen molar-refractivity contribution in [3.05, 3.63) is 65.2 Å². The first-order valence-electron chi connectivity index (χ1n) is 7.45. The van der Waals surface area contributed by atoms with Crippen LogP contribution < -0.4 is 5.32 Å². The van der Waals surface area contributed by atoms with E-state index in [0.29, 0.717) is 5.69 Å². The zero-order chi connectivity index (χ0) is 18.6. The average Bonchev–Trinajstić information content (AvgIpc) is 2.55. The van der Waals surface area contributed by atoms with Gasteiger partial charge in [-0.25, -0.2) is 0 Å². The van der Waals surface area contributed by atoms with Crippen LogP contribution in [0.5, 0.6) is 0 Å². The van der Waals surface area contributed by atoms with Crippen LogP contribution in [0.2, 0.25) is 0 Å². The number of rotatable bonds is 4. The van der Waals surface area contributed by atoms with Gasteiger partial charge in [-0.05, 0) is 29.8 Å². The molecular weight excluding hydrogens is 333 g/mol. The maximum atomic E-state index is 13.0. The summed E-state index contributed by atoms with van der Waals surface area (Å²) in [6.07, 6.45) is -4.40. The molecule has 0 atom stereocenters. The van der Waals surface area contributed by atoms with E-state index in [2.05, 4.69) is 5.32 Å². The SMILES string of the molecule is CN(C)C(=O)Cc1ccc(NC(=O)c2ccccc2C(F)(F)F)cc1. The molecular formula is C18H17F3N2O2. The normalized spacial score (nSPS) is 11.1. The molecule has 25 heavy (non-hydrogen) atoms. The second-order valence-electron chi connectivity index (χ2n) is 5.66. The van der Waals surface area contributed by atoms with E-state index in [1.54, 1.807) is 38.4 Å². The highest BCUT2D eigenvalue weighted by Crippen LogP contribution is 2.32. The van der Waals surface area contributed by atoms with Crippen LogP contribution in [-0.2, 0) is 17.4 Å². The quantitative estimate of drug-likeness (QED) is 0.916. The third kappa shape index (κ3) is 4.82. The molecule has 0 heterocycles. The molecule has 0 saturated carbocycles. The molecule has 0 aliphatic carbocycles. The van der Waals surface area contributed by atoms with Crippen LogP contribution in [0.15, 0.2) is 48.5 Å². The zero-order valence-electron chi connectivity index (χ0n) is 13.7. The Bertz CT molecular complexity index is 769. The number of nitrogens with zero attached hydrogens (tertiary/aromatic N) is 1. The van der Waals surface area contributed by atoms with Crippen molar-refractivity contribution >= 4 is 17.5 Å². The van der Waals surface area contributed by atoms with Crippen LogP contribution in [0.4, 0.5) is 18.9 Å². The molecule has 2 amide bonds. The molecule has 7 heteroatoms. The second-order valence-corrected chi connectivity index (χ2v) is 5.66. The predicted molar refractivity (Wildman–Crippen MR) is 88.2 cm³/mol. The Hall–Kier alpha value is -2.83. The molecule has 0 spiro atoms. The van der Waals surface area contributed by atoms with E-state index in [4.69, 9.17) is 0 Å². The lowest BCUT2D eigenvalue weighted by Crippen LogP contribution is -2.23. The summed E-state index contributed by atoms with van der Waals surface area (Å²) < 4.78 is 38.9. The summed E-state index contributed by atoms with van der Waals surface area (Å²) in [6.45, 7) is 0. The molecule has 0 bridgehead atoms. The number of likely N-dealkylation sites (N-methyl/N-ethyl adjacent to an activating group) is 1. The number of carbonyl (C=O) groups is 2. The van der Waals surface area contributed by atoms with Crippen molar-refractivity contribution in [2.45, 2.75) is 12.6 Å². The van der Waals surface area contributed by atoms with Gasteiger partial charge in [0.15, 0.2) is 0 Å². The highest BCUT2D eigenvalue weighted by Gasteiger charge is 2.34. The molecule has 1 N–H and O–H groups in total. The summed E-state index contributed by atoms with van der Waals surface area (Å²) in [5.74, 6) is -0.916. The molecule has 0 aromatic heterocycles. The highest BCUT2D eigenvalue weighted by molar-refractivity contribution is 6.05. The van der Waals surface area contributed by atoms with Gasteiger partial charge in [0.05, 0.1) is 17.5 Å². The minimum atomic E-state index is -4.61. The lowest BCUT2D eigenvalue weighted by Gasteiger charge is -2.13. The summed E-state index contributed by atoms with van der Waals surface area (Å²) in [4.78, 5) is 25.3. The Morgan fingerprint density at radius 2 is 1.60 bits per heavy atom. The molecule has 132 valence electrons. The minimum Gasteiger partial charge on any atom is -0.349 e. The van der Waals surface area contributed by atoms with E-state index in [-0.39, 0.29) is 12.3 Å². The third-order valence-electron chi connectivity index (χ3n) is 3.54. The first kappa shape index (κ1) is 18.5. The monoisotopic (exact) mass is 350 g/mol. The maximum Gasteiger partial charge on any atom is 0.417 e. The Balaban J connectivity index is 2.13. The number of hydrogen-bond acceptors (Lipinski definition) is 2. The predicted octanol–water partition coefficient (Wildman–Crippen LogP) is 3.59. The van der Waals surface area contributed by atoms with Crippen molar-refractivity contribution in [3.63, 3.8) is 0 Å². The third-order valence-corrected chi connectivity index (χ3v) is 3.54. The average molecular weight is 350 g/mol. The van der Waals surface area contributed by atoms with E-state index >= 15 is 0 Å². The van der Waals surface area contributed by atoms with Crippen LogP contribution >= 0.6 is 0 Å². The van der Waals surface area contributed by atoms with Crippen LogP contribution in [0.3, 0.4) is 0 Å². The Labute approximate surface area is 143 Å². The molecule has 4 nitrogen and oxygen atoms in total. The molecule has 0 aliphatic heterocycles. The fraction of sp³-hybridized carbons (Fsp3) is 0.222. The van der Waals surface area contributed by atoms with E-state index < -0.39 is 23.2 Å². The van der Waals surface area contributed by atoms with Gasteiger partial charge in [0.1, 0.15) is 0 Å². The molecule has 0 aliphatic rings. The van der Waals surface area contributed by atoms with Gasteiger partial charge in [0.25, 0.3) is 5.91 Å². The minimum absolute atomic E-state index is 0.0732. The lowest BCUT2D eigenvalue weighted by molar-refractivity contribution is -0.138. The number of alkyl halides is 3. The van der Waals surface area contributed by atoms with Crippen molar-refractivity contribution in [2.75, 3.05) is 19.4 Å². The first-order chi connectivity index (χ1) is 11.7. The molecule has 2 aromatic carbocycles. The molecule has 2 aromatic rings. The summed E-state index contributed by atoms with van der Waals surface area (Å²) in [5.41, 5.74) is -0.335. The van der Waals surface area contributed by atoms with E-state index in [9.17, 15) is 22.8 Å². The zero-order valence-corrected chi connectivity index (χ0v) is 13.7. The number of amides is 2. The number of anilines is 1. The van der Waals surface area contributed by atoms with Crippen molar-refractivity contribution in [3.8, 4) is 0 Å². The molecule has 0 radical (unpaired) electrons. The van der Waals surface area contributed by atoms with Gasteiger partial charge in [-0.2, -0.15) is 13.2 Å². The van der Waals surface area contributed by atoms with Crippen LogP contribution in [-0.4, -0.2) is 30.8 Å². The van der Waals surface area contributed by atoms with E-state index in [1.165, 1.54) is 17.0 Å². The van der Waals surface area contributed by atoms with Gasteiger partial charge < -0.3 is 10.2 Å². The van der Waals surface area contributed by atoms with Crippen LogP contribution in [0.1, 0.15) is 21.5 Å². The molecule has 0 saturated heterocycles. The topological polar surface area (TPSA) is 49.4 Å². The van der Waals surface area contributed by atoms with Crippen LogP contribution in [0.25, 0.3) is 0 Å². The molecule has 2 rings (SSSR count). The van der Waals surface area contributed by atoms with Gasteiger partial charge in [0, 0.05) is 19.8 Å². The van der Waals surface area contributed by atoms with Crippen molar-refractivity contribution < 1.29 is 22.8 Å². The summed E-state index contributed by atoms with van der Waals surface area (Å²) >= 11 is 0.